The molecule has 1 saturated heterocycles. The number of sulfonamides is 1. The smallest absolute Gasteiger partial charge is 0.475 e. The maximum Gasteiger partial charge on any atom is 0.490 e. The van der Waals surface area contributed by atoms with Crippen molar-refractivity contribution in [1.82, 2.24) is 14.2 Å². The van der Waals surface area contributed by atoms with E-state index in [1.54, 1.807) is 31.6 Å². The Balaban J connectivity index is 0.000000317. The topological polar surface area (TPSA) is 150 Å². The first-order valence-electron chi connectivity index (χ1n) is 10.8. The van der Waals surface area contributed by atoms with E-state index in [2.05, 4.69) is 9.88 Å². The second-order valence-corrected chi connectivity index (χ2v) is 10.3. The van der Waals surface area contributed by atoms with Crippen LogP contribution in [0.1, 0.15) is 18.6 Å². The van der Waals surface area contributed by atoms with Gasteiger partial charge in [0.2, 0.25) is 15.9 Å². The standard InChI is InChI=1S/C17H21N3O4S.2C2HF3O2/c1-19-13-17(24-16-15(25(19,21)22)5-2-8-18-16)6-9-20(10-7-17)12-14-4-3-11-23-14;2*3-2(4,5)1(6)7/h2-5,8,11H,6-7,9-10,12-13H2,1H3;2*(H,6,7). The molecule has 39 heavy (non-hydrogen) atoms. The van der Waals surface area contributed by atoms with E-state index in [4.69, 9.17) is 29.0 Å². The molecule has 0 aromatic carbocycles. The van der Waals surface area contributed by atoms with Crippen molar-refractivity contribution in [2.75, 3.05) is 26.7 Å². The van der Waals surface area contributed by atoms with Crippen LogP contribution < -0.4 is 4.74 Å². The second-order valence-electron chi connectivity index (χ2n) is 8.31. The van der Waals surface area contributed by atoms with E-state index in [1.165, 1.54) is 4.31 Å². The van der Waals surface area contributed by atoms with E-state index in [9.17, 15) is 34.8 Å². The lowest BCUT2D eigenvalue weighted by Gasteiger charge is -2.41. The zero-order chi connectivity index (χ0) is 29.6. The number of alkyl halides is 6. The van der Waals surface area contributed by atoms with Crippen LogP contribution in [0.15, 0.2) is 46.0 Å². The Labute approximate surface area is 217 Å². The molecule has 218 valence electrons. The molecule has 0 amide bonds. The van der Waals surface area contributed by atoms with E-state index >= 15 is 0 Å². The molecular formula is C21H23F6N3O8S. The number of carboxylic acids is 2. The van der Waals surface area contributed by atoms with E-state index in [-0.39, 0.29) is 10.8 Å². The number of rotatable bonds is 2. The number of pyridine rings is 1. The zero-order valence-electron chi connectivity index (χ0n) is 20.1. The van der Waals surface area contributed by atoms with Crippen molar-refractivity contribution in [2.45, 2.75) is 42.2 Å². The number of hydrogen-bond donors (Lipinski definition) is 2. The average molecular weight is 591 g/mol. The summed E-state index contributed by atoms with van der Waals surface area (Å²) in [5.41, 5.74) is -0.541. The number of likely N-dealkylation sites (tertiary alicyclic amines) is 1. The van der Waals surface area contributed by atoms with Gasteiger partial charge in [-0.2, -0.15) is 30.6 Å². The molecule has 11 nitrogen and oxygen atoms in total. The summed E-state index contributed by atoms with van der Waals surface area (Å²) in [6.45, 7) is 2.72. The van der Waals surface area contributed by atoms with Crippen LogP contribution in [0.3, 0.4) is 0 Å². The lowest BCUT2D eigenvalue weighted by Crippen LogP contribution is -2.53. The van der Waals surface area contributed by atoms with Crippen LogP contribution in [0.4, 0.5) is 26.3 Å². The lowest BCUT2D eigenvalue weighted by molar-refractivity contribution is -0.193. The molecule has 2 N–H and O–H groups in total. The van der Waals surface area contributed by atoms with E-state index in [0.29, 0.717) is 6.54 Å². The first-order valence-corrected chi connectivity index (χ1v) is 12.3. The van der Waals surface area contributed by atoms with E-state index < -0.39 is 39.9 Å². The third-order valence-corrected chi connectivity index (χ3v) is 7.28. The molecule has 0 unspecified atom stereocenters. The fourth-order valence-corrected chi connectivity index (χ4v) is 4.85. The molecule has 2 aromatic rings. The van der Waals surface area contributed by atoms with E-state index in [0.717, 1.165) is 38.2 Å². The molecule has 0 aliphatic carbocycles. The minimum Gasteiger partial charge on any atom is -0.475 e. The van der Waals surface area contributed by atoms with Crippen molar-refractivity contribution in [3.63, 3.8) is 0 Å². The molecule has 2 aliphatic heterocycles. The first-order chi connectivity index (χ1) is 17.9. The van der Waals surface area contributed by atoms with Crippen LogP contribution in [0.2, 0.25) is 0 Å². The number of likely N-dealkylation sites (N-methyl/N-ethyl adjacent to an activating group) is 1. The number of furan rings is 1. The quantitative estimate of drug-likeness (QED) is 0.499. The number of carboxylic acid groups (broad SMARTS) is 2. The van der Waals surface area contributed by atoms with Crippen molar-refractivity contribution in [1.29, 1.82) is 0 Å². The molecule has 2 aromatic heterocycles. The van der Waals surface area contributed by atoms with Crippen molar-refractivity contribution >= 4 is 22.0 Å². The van der Waals surface area contributed by atoms with Gasteiger partial charge in [0.05, 0.1) is 19.4 Å². The molecule has 0 bridgehead atoms. The number of aliphatic carboxylic acids is 2. The van der Waals surface area contributed by atoms with Gasteiger partial charge in [-0.05, 0) is 24.3 Å². The third kappa shape index (κ3) is 8.82. The summed E-state index contributed by atoms with van der Waals surface area (Å²) in [5, 5.41) is 14.2. The van der Waals surface area contributed by atoms with Crippen LogP contribution in [-0.4, -0.2) is 89.4 Å². The Morgan fingerprint density at radius 2 is 1.56 bits per heavy atom. The number of fused-ring (bicyclic) bond motifs is 1. The maximum atomic E-state index is 12.7. The van der Waals surface area contributed by atoms with Gasteiger partial charge in [-0.3, -0.25) is 4.90 Å². The molecule has 18 heteroatoms. The molecule has 0 saturated carbocycles. The van der Waals surface area contributed by atoms with Crippen LogP contribution in [0.5, 0.6) is 5.88 Å². The fraction of sp³-hybridized carbons (Fsp3) is 0.476. The van der Waals surface area contributed by atoms with Gasteiger partial charge in [0, 0.05) is 39.2 Å². The number of nitrogens with zero attached hydrogens (tertiary/aromatic N) is 3. The predicted molar refractivity (Wildman–Crippen MR) is 118 cm³/mol. The Morgan fingerprint density at radius 3 is 2.03 bits per heavy atom. The minimum absolute atomic E-state index is 0.146. The average Bonchev–Trinajstić information content (AvgIpc) is 3.31. The Bertz CT molecular complexity index is 1200. The van der Waals surface area contributed by atoms with Crippen LogP contribution >= 0.6 is 0 Å². The minimum atomic E-state index is -5.08. The van der Waals surface area contributed by atoms with Gasteiger partial charge in [0.1, 0.15) is 16.3 Å². The Morgan fingerprint density at radius 1 is 1.03 bits per heavy atom. The number of halogens is 6. The first kappa shape index (κ1) is 31.8. The van der Waals surface area contributed by atoms with Crippen molar-refractivity contribution in [3.8, 4) is 5.88 Å². The highest BCUT2D eigenvalue weighted by Gasteiger charge is 2.45. The molecule has 1 fully saturated rings. The molecule has 4 rings (SSSR count). The summed E-state index contributed by atoms with van der Waals surface area (Å²) in [4.78, 5) is 24.4. The van der Waals surface area contributed by atoms with Crippen molar-refractivity contribution < 1.29 is 63.7 Å². The summed E-state index contributed by atoms with van der Waals surface area (Å²) >= 11 is 0. The highest BCUT2D eigenvalue weighted by molar-refractivity contribution is 7.89. The largest absolute Gasteiger partial charge is 0.490 e. The van der Waals surface area contributed by atoms with Crippen LogP contribution in [-0.2, 0) is 26.2 Å². The number of piperidine rings is 1. The Hall–Kier alpha value is -3.38. The van der Waals surface area contributed by atoms with E-state index in [1.807, 2.05) is 12.1 Å². The third-order valence-electron chi connectivity index (χ3n) is 5.46. The highest BCUT2D eigenvalue weighted by atomic mass is 32.2. The molecular weight excluding hydrogens is 568 g/mol. The monoisotopic (exact) mass is 591 g/mol. The zero-order valence-corrected chi connectivity index (χ0v) is 20.9. The number of carbonyl (C=O) groups is 2. The molecule has 4 heterocycles. The normalized spacial score (nSPS) is 18.7. The van der Waals surface area contributed by atoms with Gasteiger partial charge in [0.25, 0.3) is 0 Å². The summed E-state index contributed by atoms with van der Waals surface area (Å²) in [6, 6.07) is 7.03. The van der Waals surface area contributed by atoms with Gasteiger partial charge < -0.3 is 19.4 Å². The summed E-state index contributed by atoms with van der Waals surface area (Å²) < 4.78 is 102. The number of hydrogen-bond acceptors (Lipinski definition) is 8. The SMILES string of the molecule is CN1CC2(CCN(Cc3ccco3)CC2)Oc2ncccc2S1(=O)=O.O=C(O)C(F)(F)F.O=C(O)C(F)(F)F. The number of aromatic nitrogens is 1. The van der Waals surface area contributed by atoms with Crippen LogP contribution in [0.25, 0.3) is 0 Å². The van der Waals surface area contributed by atoms with Crippen molar-refractivity contribution in [2.24, 2.45) is 0 Å². The van der Waals surface area contributed by atoms with Gasteiger partial charge in [-0.25, -0.2) is 23.0 Å². The molecule has 0 radical (unpaired) electrons. The maximum absolute atomic E-state index is 12.7. The predicted octanol–water partition coefficient (Wildman–Crippen LogP) is 2.99. The summed E-state index contributed by atoms with van der Waals surface area (Å²) in [7, 11) is -1.96. The summed E-state index contributed by atoms with van der Waals surface area (Å²) in [6.07, 6.45) is -5.44. The molecule has 2 aliphatic rings. The van der Waals surface area contributed by atoms with Gasteiger partial charge in [0.15, 0.2) is 0 Å². The van der Waals surface area contributed by atoms with Gasteiger partial charge in [-0.15, -0.1) is 0 Å². The second kappa shape index (κ2) is 12.2. The number of ether oxygens (including phenoxy) is 1. The molecule has 0 atom stereocenters. The van der Waals surface area contributed by atoms with Gasteiger partial charge >= 0.3 is 24.3 Å². The fourth-order valence-electron chi connectivity index (χ4n) is 3.55. The van der Waals surface area contributed by atoms with Crippen molar-refractivity contribution in [3.05, 3.63) is 42.5 Å². The Kier molecular flexibility index (Phi) is 9.96. The molecule has 1 spiro atoms. The summed E-state index contributed by atoms with van der Waals surface area (Å²) in [5.74, 6) is -4.37. The van der Waals surface area contributed by atoms with Crippen LogP contribution in [0, 0.1) is 0 Å². The highest BCUT2D eigenvalue weighted by Crippen LogP contribution is 2.37. The lowest BCUT2D eigenvalue weighted by atomic mass is 9.90. The van der Waals surface area contributed by atoms with Gasteiger partial charge in [-0.1, -0.05) is 0 Å².